The Hall–Kier alpha value is -0.530. The summed E-state index contributed by atoms with van der Waals surface area (Å²) < 4.78 is 0. The highest BCUT2D eigenvalue weighted by Gasteiger charge is 2.36. The van der Waals surface area contributed by atoms with Gasteiger partial charge in [0.05, 0.1) is 0 Å². The minimum atomic E-state index is 0.314. The summed E-state index contributed by atoms with van der Waals surface area (Å²) in [6.45, 7) is 0.905. The third-order valence-corrected chi connectivity index (χ3v) is 2.52. The van der Waals surface area contributed by atoms with Crippen molar-refractivity contribution in [1.29, 1.82) is 0 Å². The predicted molar refractivity (Wildman–Crippen MR) is 38.5 cm³/mol. The molecule has 0 bridgehead atoms. The van der Waals surface area contributed by atoms with Crippen molar-refractivity contribution in [2.24, 2.45) is 11.8 Å². The van der Waals surface area contributed by atoms with Gasteiger partial charge in [-0.25, -0.2) is 0 Å². The van der Waals surface area contributed by atoms with Crippen molar-refractivity contribution in [3.63, 3.8) is 0 Å². The van der Waals surface area contributed by atoms with Crippen LogP contribution in [-0.4, -0.2) is 12.5 Å². The maximum Gasteiger partial charge on any atom is 0.223 e. The van der Waals surface area contributed by atoms with Gasteiger partial charge in [-0.3, -0.25) is 4.79 Å². The van der Waals surface area contributed by atoms with Gasteiger partial charge in [0, 0.05) is 12.5 Å². The molecule has 2 rings (SSSR count). The zero-order valence-electron chi connectivity index (χ0n) is 6.10. The van der Waals surface area contributed by atoms with E-state index in [-0.39, 0.29) is 0 Å². The minimum Gasteiger partial charge on any atom is -0.356 e. The molecule has 1 atom stereocenters. The summed E-state index contributed by atoms with van der Waals surface area (Å²) in [7, 11) is 0. The molecule has 1 aliphatic carbocycles. The number of carbonyl (C=O) groups excluding carboxylic acids is 1. The number of carbonyl (C=O) groups is 1. The lowest BCUT2D eigenvalue weighted by Crippen LogP contribution is -2.37. The molecule has 0 aromatic carbocycles. The number of piperidine rings is 1. The van der Waals surface area contributed by atoms with E-state index in [9.17, 15) is 4.79 Å². The Bertz CT molecular complexity index is 151. The van der Waals surface area contributed by atoms with E-state index in [1.807, 2.05) is 0 Å². The van der Waals surface area contributed by atoms with E-state index >= 15 is 0 Å². The first-order valence-electron chi connectivity index (χ1n) is 4.15. The lowest BCUT2D eigenvalue weighted by molar-refractivity contribution is -0.127. The van der Waals surface area contributed by atoms with Crippen LogP contribution in [0.4, 0.5) is 0 Å². The van der Waals surface area contributed by atoms with Gasteiger partial charge < -0.3 is 5.32 Å². The average molecular weight is 139 g/mol. The average Bonchev–Trinajstić information content (AvgIpc) is 2.71. The summed E-state index contributed by atoms with van der Waals surface area (Å²) in [5.41, 5.74) is 0. The molecule has 1 aliphatic heterocycles. The Morgan fingerprint density at radius 3 is 2.70 bits per heavy atom. The molecule has 0 radical (unpaired) electrons. The largest absolute Gasteiger partial charge is 0.356 e. The van der Waals surface area contributed by atoms with E-state index in [0.29, 0.717) is 11.8 Å². The smallest absolute Gasteiger partial charge is 0.223 e. The quantitative estimate of drug-likeness (QED) is 0.575. The van der Waals surface area contributed by atoms with Gasteiger partial charge in [0.1, 0.15) is 0 Å². The molecular weight excluding hydrogens is 126 g/mol. The lowest BCUT2D eigenvalue weighted by Gasteiger charge is -2.20. The number of hydrogen-bond donors (Lipinski definition) is 1. The summed E-state index contributed by atoms with van der Waals surface area (Å²) in [5.74, 6) is 1.45. The molecule has 56 valence electrons. The maximum atomic E-state index is 11.2. The maximum absolute atomic E-state index is 11.2. The van der Waals surface area contributed by atoms with Gasteiger partial charge in [-0.15, -0.1) is 0 Å². The second-order valence-electron chi connectivity index (χ2n) is 3.38. The summed E-state index contributed by atoms with van der Waals surface area (Å²) >= 11 is 0. The molecule has 1 heterocycles. The molecule has 2 nitrogen and oxygen atoms in total. The molecule has 10 heavy (non-hydrogen) atoms. The molecule has 2 aliphatic rings. The van der Waals surface area contributed by atoms with Crippen LogP contribution in [0.1, 0.15) is 25.7 Å². The molecule has 0 spiro atoms. The van der Waals surface area contributed by atoms with Gasteiger partial charge in [0.25, 0.3) is 0 Å². The highest BCUT2D eigenvalue weighted by atomic mass is 16.1. The summed E-state index contributed by atoms with van der Waals surface area (Å²) in [6, 6.07) is 0. The first-order valence-corrected chi connectivity index (χ1v) is 4.15. The van der Waals surface area contributed by atoms with Gasteiger partial charge in [0.2, 0.25) is 5.91 Å². The Balaban J connectivity index is 1.96. The van der Waals surface area contributed by atoms with E-state index in [0.717, 1.165) is 18.9 Å². The van der Waals surface area contributed by atoms with Crippen LogP contribution in [0.2, 0.25) is 0 Å². The second-order valence-corrected chi connectivity index (χ2v) is 3.38. The van der Waals surface area contributed by atoms with Crippen LogP contribution in [0.15, 0.2) is 0 Å². The molecule has 1 unspecified atom stereocenters. The summed E-state index contributed by atoms with van der Waals surface area (Å²) in [4.78, 5) is 11.2. The van der Waals surface area contributed by atoms with Crippen molar-refractivity contribution in [3.05, 3.63) is 0 Å². The van der Waals surface area contributed by atoms with Crippen molar-refractivity contribution < 1.29 is 4.79 Å². The molecular formula is C8H13NO. The second kappa shape index (κ2) is 2.26. The fourth-order valence-corrected chi connectivity index (χ4v) is 1.74. The van der Waals surface area contributed by atoms with Gasteiger partial charge >= 0.3 is 0 Å². The molecule has 2 fully saturated rings. The van der Waals surface area contributed by atoms with E-state index in [1.54, 1.807) is 0 Å². The van der Waals surface area contributed by atoms with Crippen molar-refractivity contribution in [3.8, 4) is 0 Å². The van der Waals surface area contributed by atoms with Gasteiger partial charge in [-0.1, -0.05) is 0 Å². The molecule has 2 heteroatoms. The Kier molecular flexibility index (Phi) is 1.40. The third kappa shape index (κ3) is 1.02. The fraction of sp³-hybridized carbons (Fsp3) is 0.875. The topological polar surface area (TPSA) is 29.1 Å². The standard InChI is InChI=1S/C8H13NO/c10-8-7(6-3-4-6)2-1-5-9-8/h6-7H,1-5H2,(H,9,10). The number of rotatable bonds is 1. The van der Waals surface area contributed by atoms with Crippen molar-refractivity contribution in [2.75, 3.05) is 6.54 Å². The number of nitrogens with one attached hydrogen (secondary N) is 1. The molecule has 1 N–H and O–H groups in total. The van der Waals surface area contributed by atoms with E-state index in [4.69, 9.17) is 0 Å². The van der Waals surface area contributed by atoms with Crippen molar-refractivity contribution >= 4 is 5.91 Å². The van der Waals surface area contributed by atoms with Crippen molar-refractivity contribution in [1.82, 2.24) is 5.32 Å². The minimum absolute atomic E-state index is 0.314. The lowest BCUT2D eigenvalue weighted by atomic mass is 9.94. The van der Waals surface area contributed by atoms with Crippen LogP contribution in [0.25, 0.3) is 0 Å². The predicted octanol–water partition coefficient (Wildman–Crippen LogP) is 0.923. The van der Waals surface area contributed by atoms with E-state index < -0.39 is 0 Å². The van der Waals surface area contributed by atoms with Crippen LogP contribution < -0.4 is 5.32 Å². The van der Waals surface area contributed by atoms with Gasteiger partial charge in [-0.05, 0) is 31.6 Å². The highest BCUT2D eigenvalue weighted by molar-refractivity contribution is 5.79. The molecule has 0 aromatic heterocycles. The van der Waals surface area contributed by atoms with Crippen molar-refractivity contribution in [2.45, 2.75) is 25.7 Å². The SMILES string of the molecule is O=C1NCCCC1C1CC1. The summed E-state index contributed by atoms with van der Waals surface area (Å²) in [5, 5.41) is 2.91. The van der Waals surface area contributed by atoms with E-state index in [1.165, 1.54) is 19.3 Å². The van der Waals surface area contributed by atoms with Crippen LogP contribution in [0, 0.1) is 11.8 Å². The third-order valence-electron chi connectivity index (χ3n) is 2.52. The molecule has 1 saturated heterocycles. The van der Waals surface area contributed by atoms with Gasteiger partial charge in [-0.2, -0.15) is 0 Å². The first-order chi connectivity index (χ1) is 4.88. The summed E-state index contributed by atoms with van der Waals surface area (Å²) in [6.07, 6.45) is 4.90. The Labute approximate surface area is 61.0 Å². The first kappa shape index (κ1) is 6.20. The number of amides is 1. The molecule has 0 aromatic rings. The highest BCUT2D eigenvalue weighted by Crippen LogP contribution is 2.39. The Morgan fingerprint density at radius 2 is 2.10 bits per heavy atom. The monoisotopic (exact) mass is 139 g/mol. The zero-order chi connectivity index (χ0) is 6.97. The number of hydrogen-bond acceptors (Lipinski definition) is 1. The zero-order valence-corrected chi connectivity index (χ0v) is 6.10. The fourth-order valence-electron chi connectivity index (χ4n) is 1.74. The van der Waals surface area contributed by atoms with Crippen LogP contribution in [-0.2, 0) is 4.79 Å². The normalized spacial score (nSPS) is 33.6. The molecule has 1 saturated carbocycles. The van der Waals surface area contributed by atoms with Crippen LogP contribution in [0.5, 0.6) is 0 Å². The van der Waals surface area contributed by atoms with E-state index in [2.05, 4.69) is 5.32 Å². The molecule has 1 amide bonds. The van der Waals surface area contributed by atoms with Gasteiger partial charge in [0.15, 0.2) is 0 Å². The van der Waals surface area contributed by atoms with Crippen LogP contribution >= 0.6 is 0 Å². The Morgan fingerprint density at radius 1 is 1.30 bits per heavy atom. The van der Waals surface area contributed by atoms with Crippen LogP contribution in [0.3, 0.4) is 0 Å².